The van der Waals surface area contributed by atoms with Gasteiger partial charge in [0.25, 0.3) is 5.91 Å². The van der Waals surface area contributed by atoms with Crippen LogP contribution in [0.15, 0.2) is 45.5 Å². The lowest BCUT2D eigenvalue weighted by atomic mass is 10.3. The highest BCUT2D eigenvalue weighted by Crippen LogP contribution is 2.26. The van der Waals surface area contributed by atoms with E-state index in [0.717, 1.165) is 8.95 Å². The minimum absolute atomic E-state index is 0.253. The lowest BCUT2D eigenvalue weighted by Crippen LogP contribution is -2.19. The Bertz CT molecular complexity index is 667. The van der Waals surface area contributed by atoms with E-state index in [2.05, 4.69) is 37.2 Å². The second-order valence-electron chi connectivity index (χ2n) is 3.99. The number of benzene rings is 1. The number of carbonyl (C=O) groups excluding carboxylic acids is 1. The monoisotopic (exact) mass is 400 g/mol. The highest BCUT2D eigenvalue weighted by molar-refractivity contribution is 9.11. The fourth-order valence-electron chi connectivity index (χ4n) is 1.68. The lowest BCUT2D eigenvalue weighted by Gasteiger charge is -2.09. The van der Waals surface area contributed by atoms with Crippen LogP contribution in [0.25, 0.3) is 0 Å². The maximum atomic E-state index is 12.2. The Balaban J connectivity index is 2.20. The van der Waals surface area contributed by atoms with E-state index in [-0.39, 0.29) is 12.5 Å². The summed E-state index contributed by atoms with van der Waals surface area (Å²) in [4.78, 5) is 22.9. The zero-order chi connectivity index (χ0) is 14.7. The van der Waals surface area contributed by atoms with E-state index in [1.807, 2.05) is 6.07 Å². The quantitative estimate of drug-likeness (QED) is 0.825. The van der Waals surface area contributed by atoms with Crippen molar-refractivity contribution in [2.24, 2.45) is 0 Å². The topological polar surface area (TPSA) is 71.3 Å². The summed E-state index contributed by atoms with van der Waals surface area (Å²) in [7, 11) is 0. The molecule has 1 heterocycles. The molecular weight excluding hydrogens is 392 g/mol. The van der Waals surface area contributed by atoms with Gasteiger partial charge in [0, 0.05) is 15.1 Å². The van der Waals surface area contributed by atoms with E-state index in [9.17, 15) is 9.59 Å². The van der Waals surface area contributed by atoms with Crippen LogP contribution in [0.2, 0.25) is 0 Å². The first-order valence-electron chi connectivity index (χ1n) is 5.60. The van der Waals surface area contributed by atoms with Crippen molar-refractivity contribution in [2.75, 3.05) is 5.32 Å². The van der Waals surface area contributed by atoms with Gasteiger partial charge in [-0.05, 0) is 46.3 Å². The van der Waals surface area contributed by atoms with Crippen LogP contribution in [-0.2, 0) is 11.3 Å². The maximum Gasteiger partial charge on any atom is 0.323 e. The molecule has 1 amide bonds. The van der Waals surface area contributed by atoms with Crippen molar-refractivity contribution < 1.29 is 14.7 Å². The molecule has 0 aliphatic carbocycles. The number of nitrogens with zero attached hydrogens (tertiary/aromatic N) is 1. The van der Waals surface area contributed by atoms with Gasteiger partial charge in [-0.2, -0.15) is 0 Å². The number of aromatic nitrogens is 1. The van der Waals surface area contributed by atoms with Crippen LogP contribution in [0.1, 0.15) is 10.5 Å². The van der Waals surface area contributed by atoms with Gasteiger partial charge in [0.1, 0.15) is 12.2 Å². The van der Waals surface area contributed by atoms with E-state index in [1.54, 1.807) is 30.5 Å². The van der Waals surface area contributed by atoms with Crippen LogP contribution in [0.3, 0.4) is 0 Å². The Morgan fingerprint density at radius 2 is 2.00 bits per heavy atom. The van der Waals surface area contributed by atoms with E-state index in [1.165, 1.54) is 4.57 Å². The summed E-state index contributed by atoms with van der Waals surface area (Å²) in [6.45, 7) is -0.253. The first-order chi connectivity index (χ1) is 9.47. The number of rotatable bonds is 4. The Labute approximate surface area is 131 Å². The van der Waals surface area contributed by atoms with Gasteiger partial charge in [0.15, 0.2) is 0 Å². The highest BCUT2D eigenvalue weighted by atomic mass is 79.9. The maximum absolute atomic E-state index is 12.2. The molecule has 2 aromatic rings. The van der Waals surface area contributed by atoms with Gasteiger partial charge in [-0.15, -0.1) is 0 Å². The summed E-state index contributed by atoms with van der Waals surface area (Å²) in [5.41, 5.74) is 0.906. The van der Waals surface area contributed by atoms with Gasteiger partial charge in [0.2, 0.25) is 0 Å². The number of hydrogen-bond acceptors (Lipinski definition) is 2. The van der Waals surface area contributed by atoms with Crippen molar-refractivity contribution in [3.8, 4) is 0 Å². The molecule has 2 N–H and O–H groups in total. The van der Waals surface area contributed by atoms with Gasteiger partial charge >= 0.3 is 5.97 Å². The molecule has 5 nitrogen and oxygen atoms in total. The zero-order valence-corrected chi connectivity index (χ0v) is 13.3. The van der Waals surface area contributed by atoms with E-state index < -0.39 is 5.97 Å². The summed E-state index contributed by atoms with van der Waals surface area (Å²) >= 11 is 6.68. The highest BCUT2D eigenvalue weighted by Gasteiger charge is 2.14. The van der Waals surface area contributed by atoms with E-state index in [0.29, 0.717) is 11.4 Å². The van der Waals surface area contributed by atoms with E-state index >= 15 is 0 Å². The molecule has 0 unspecified atom stereocenters. The zero-order valence-electron chi connectivity index (χ0n) is 10.1. The molecule has 104 valence electrons. The van der Waals surface area contributed by atoms with Crippen molar-refractivity contribution in [3.63, 3.8) is 0 Å². The van der Waals surface area contributed by atoms with Crippen LogP contribution in [0, 0.1) is 0 Å². The van der Waals surface area contributed by atoms with Crippen LogP contribution in [0.5, 0.6) is 0 Å². The van der Waals surface area contributed by atoms with Crippen LogP contribution in [-0.4, -0.2) is 21.6 Å². The Morgan fingerprint density at radius 1 is 1.25 bits per heavy atom. The Morgan fingerprint density at radius 3 is 2.65 bits per heavy atom. The van der Waals surface area contributed by atoms with Gasteiger partial charge in [-0.1, -0.05) is 15.9 Å². The minimum Gasteiger partial charge on any atom is -0.480 e. The molecule has 0 bridgehead atoms. The minimum atomic E-state index is -1.000. The van der Waals surface area contributed by atoms with Crippen LogP contribution < -0.4 is 5.32 Å². The van der Waals surface area contributed by atoms with Crippen molar-refractivity contribution in [2.45, 2.75) is 6.54 Å². The molecule has 0 radical (unpaired) electrons. The molecule has 0 atom stereocenters. The third kappa shape index (κ3) is 3.49. The number of anilines is 1. The molecule has 0 fully saturated rings. The summed E-state index contributed by atoms with van der Waals surface area (Å²) in [6.07, 6.45) is 1.56. The molecule has 0 aliphatic heterocycles. The third-order valence-corrected chi connectivity index (χ3v) is 3.70. The Kier molecular flexibility index (Phi) is 4.61. The van der Waals surface area contributed by atoms with Crippen LogP contribution in [0.4, 0.5) is 5.69 Å². The summed E-state index contributed by atoms with van der Waals surface area (Å²) < 4.78 is 3.00. The van der Waals surface area contributed by atoms with Crippen LogP contribution >= 0.6 is 31.9 Å². The average molecular weight is 402 g/mol. The molecule has 0 saturated carbocycles. The first kappa shape index (κ1) is 14.8. The number of carboxylic acid groups (broad SMARTS) is 1. The summed E-state index contributed by atoms with van der Waals surface area (Å²) in [6, 6.07) is 8.57. The average Bonchev–Trinajstić information content (AvgIpc) is 2.80. The molecule has 0 aliphatic rings. The number of amides is 1. The molecule has 7 heteroatoms. The molecule has 2 rings (SSSR count). The Hall–Kier alpha value is -1.60. The summed E-state index contributed by atoms with van der Waals surface area (Å²) in [5.74, 6) is -1.36. The number of carboxylic acids is 1. The molecule has 0 saturated heterocycles. The number of carbonyl (C=O) groups is 2. The van der Waals surface area contributed by atoms with Crippen molar-refractivity contribution in [1.29, 1.82) is 0 Å². The smallest absolute Gasteiger partial charge is 0.323 e. The second-order valence-corrected chi connectivity index (χ2v) is 5.76. The fraction of sp³-hybridized carbons (Fsp3) is 0.0769. The SMILES string of the molecule is O=C(O)Cn1cccc1C(=O)Nc1ccc(Br)cc1Br. The molecule has 0 spiro atoms. The first-order valence-corrected chi connectivity index (χ1v) is 7.19. The number of hydrogen-bond donors (Lipinski definition) is 2. The second kappa shape index (κ2) is 6.23. The predicted molar refractivity (Wildman–Crippen MR) is 81.9 cm³/mol. The normalized spacial score (nSPS) is 10.3. The van der Waals surface area contributed by atoms with Gasteiger partial charge in [-0.25, -0.2) is 0 Å². The largest absolute Gasteiger partial charge is 0.480 e. The van der Waals surface area contributed by atoms with Gasteiger partial charge < -0.3 is 15.0 Å². The number of aliphatic carboxylic acids is 1. The summed E-state index contributed by atoms with van der Waals surface area (Å²) in [5, 5.41) is 11.5. The third-order valence-electron chi connectivity index (χ3n) is 2.55. The number of nitrogens with one attached hydrogen (secondary N) is 1. The molecular formula is C13H10Br2N2O3. The van der Waals surface area contributed by atoms with Crippen molar-refractivity contribution >= 4 is 49.4 Å². The molecule has 1 aromatic heterocycles. The van der Waals surface area contributed by atoms with E-state index in [4.69, 9.17) is 5.11 Å². The molecule has 20 heavy (non-hydrogen) atoms. The predicted octanol–water partition coefficient (Wildman–Crippen LogP) is 3.35. The number of halogens is 2. The van der Waals surface area contributed by atoms with Crippen molar-refractivity contribution in [1.82, 2.24) is 4.57 Å². The van der Waals surface area contributed by atoms with Gasteiger partial charge in [-0.3, -0.25) is 9.59 Å². The van der Waals surface area contributed by atoms with Crippen molar-refractivity contribution in [3.05, 3.63) is 51.2 Å². The molecule has 1 aromatic carbocycles. The fourth-order valence-corrected chi connectivity index (χ4v) is 2.83. The standard InChI is InChI=1S/C13H10Br2N2O3/c14-8-3-4-10(9(15)6-8)16-13(20)11-2-1-5-17(11)7-12(18)19/h1-6H,7H2,(H,16,20)(H,18,19). The lowest BCUT2D eigenvalue weighted by molar-refractivity contribution is -0.137. The van der Waals surface area contributed by atoms with Gasteiger partial charge in [0.05, 0.1) is 5.69 Å².